The highest BCUT2D eigenvalue weighted by atomic mass is 14.6. The van der Waals surface area contributed by atoms with E-state index < -0.39 is 0 Å². The van der Waals surface area contributed by atoms with E-state index in [-0.39, 0.29) is 6.04 Å². The lowest BCUT2D eigenvalue weighted by Crippen LogP contribution is -2.11. The Morgan fingerprint density at radius 3 is 2.53 bits per heavy atom. The van der Waals surface area contributed by atoms with Crippen molar-refractivity contribution in [1.82, 2.24) is 0 Å². The lowest BCUT2D eigenvalue weighted by atomic mass is 9.92. The fraction of sp³-hybridized carbons (Fsp3) is 0.333. The van der Waals surface area contributed by atoms with Crippen LogP contribution in [0.5, 0.6) is 0 Å². The molecule has 1 heteroatoms. The molecule has 0 amide bonds. The van der Waals surface area contributed by atoms with Crippen molar-refractivity contribution in [3.8, 4) is 0 Å². The van der Waals surface area contributed by atoms with Crippen LogP contribution >= 0.6 is 0 Å². The molecule has 0 fully saturated rings. The Bertz CT molecular complexity index is 502. The summed E-state index contributed by atoms with van der Waals surface area (Å²) < 4.78 is 0. The fourth-order valence-corrected chi connectivity index (χ4v) is 2.42. The summed E-state index contributed by atoms with van der Waals surface area (Å²) in [6, 6.07) is 19.9. The van der Waals surface area contributed by atoms with Gasteiger partial charge in [0.2, 0.25) is 0 Å². The van der Waals surface area contributed by atoms with Crippen LogP contribution in [-0.2, 0) is 6.42 Å². The van der Waals surface area contributed by atoms with E-state index in [1.54, 1.807) is 0 Å². The smallest absolute Gasteiger partial charge is 0.0298 e. The van der Waals surface area contributed by atoms with Gasteiger partial charge in [-0.05, 0) is 41.5 Å². The number of hydrogen-bond acceptors (Lipinski definition) is 1. The summed E-state index contributed by atoms with van der Waals surface area (Å²) >= 11 is 0. The molecule has 99 valence electrons. The molecule has 2 aromatic carbocycles. The van der Waals surface area contributed by atoms with Crippen LogP contribution in [0.1, 0.15) is 48.9 Å². The van der Waals surface area contributed by atoms with Gasteiger partial charge in [0.15, 0.2) is 0 Å². The molecule has 0 unspecified atom stereocenters. The number of aryl methyl sites for hydroxylation is 1. The molecule has 1 radical (unpaired) electrons. The van der Waals surface area contributed by atoms with Crippen molar-refractivity contribution < 1.29 is 0 Å². The standard InChI is InChI=1S/C18H22N/c1-14(2)17-11-7-6-8-15(17)12-13-18(19)16-9-4-3-5-10-16/h3-6,8-11,14,18H,12-13,19H2,1-2H3/t18-/m1/s1. The quantitative estimate of drug-likeness (QED) is 0.846. The first kappa shape index (κ1) is 13.8. The maximum Gasteiger partial charge on any atom is 0.0298 e. The van der Waals surface area contributed by atoms with Gasteiger partial charge in [-0.15, -0.1) is 0 Å². The molecule has 0 heterocycles. The number of rotatable bonds is 5. The second kappa shape index (κ2) is 6.53. The molecule has 0 spiro atoms. The average molecular weight is 252 g/mol. The van der Waals surface area contributed by atoms with Gasteiger partial charge in [-0.1, -0.05) is 62.4 Å². The van der Waals surface area contributed by atoms with Crippen LogP contribution in [0.2, 0.25) is 0 Å². The third-order valence-corrected chi connectivity index (χ3v) is 3.56. The van der Waals surface area contributed by atoms with Gasteiger partial charge in [0.1, 0.15) is 0 Å². The highest BCUT2D eigenvalue weighted by molar-refractivity contribution is 5.29. The number of nitrogens with two attached hydrogens (primary N) is 1. The molecule has 1 atom stereocenters. The van der Waals surface area contributed by atoms with Crippen LogP contribution in [0, 0.1) is 6.07 Å². The zero-order valence-corrected chi connectivity index (χ0v) is 11.8. The second-order valence-corrected chi connectivity index (χ2v) is 5.34. The summed E-state index contributed by atoms with van der Waals surface area (Å²) in [4.78, 5) is 0. The highest BCUT2D eigenvalue weighted by Gasteiger charge is 2.09. The van der Waals surface area contributed by atoms with Crippen LogP contribution in [0.15, 0.2) is 48.5 Å². The molecule has 0 aliphatic carbocycles. The van der Waals surface area contributed by atoms with Crippen LogP contribution < -0.4 is 5.73 Å². The normalized spacial score (nSPS) is 12.6. The van der Waals surface area contributed by atoms with Crippen molar-refractivity contribution in [2.75, 3.05) is 0 Å². The summed E-state index contributed by atoms with van der Waals surface area (Å²) in [6.45, 7) is 4.45. The molecule has 0 bridgehead atoms. The van der Waals surface area contributed by atoms with E-state index in [1.807, 2.05) is 24.3 Å². The first-order chi connectivity index (χ1) is 9.18. The van der Waals surface area contributed by atoms with Crippen molar-refractivity contribution >= 4 is 0 Å². The maximum absolute atomic E-state index is 6.26. The molecule has 19 heavy (non-hydrogen) atoms. The predicted molar refractivity (Wildman–Crippen MR) is 81.1 cm³/mol. The zero-order chi connectivity index (χ0) is 13.7. The third-order valence-electron chi connectivity index (χ3n) is 3.56. The van der Waals surface area contributed by atoms with Crippen molar-refractivity contribution in [3.05, 3.63) is 71.3 Å². The van der Waals surface area contributed by atoms with Gasteiger partial charge in [0.05, 0.1) is 0 Å². The summed E-state index contributed by atoms with van der Waals surface area (Å²) in [5.74, 6) is 0.542. The second-order valence-electron chi connectivity index (χ2n) is 5.34. The third kappa shape index (κ3) is 3.68. The molecular formula is C18H22N. The predicted octanol–water partition coefficient (Wildman–Crippen LogP) is 4.24. The van der Waals surface area contributed by atoms with Crippen molar-refractivity contribution in [1.29, 1.82) is 0 Å². The van der Waals surface area contributed by atoms with Crippen molar-refractivity contribution in [2.45, 2.75) is 38.6 Å². The minimum absolute atomic E-state index is 0.116. The van der Waals surface area contributed by atoms with Crippen LogP contribution in [-0.4, -0.2) is 0 Å². The molecule has 2 N–H and O–H groups in total. The Balaban J connectivity index is 2.03. The van der Waals surface area contributed by atoms with Crippen molar-refractivity contribution in [3.63, 3.8) is 0 Å². The molecule has 1 nitrogen and oxygen atoms in total. The molecular weight excluding hydrogens is 230 g/mol. The van der Waals surface area contributed by atoms with Crippen LogP contribution in [0.3, 0.4) is 0 Å². The van der Waals surface area contributed by atoms with Crippen LogP contribution in [0.25, 0.3) is 0 Å². The van der Waals surface area contributed by atoms with Gasteiger partial charge in [-0.3, -0.25) is 0 Å². The van der Waals surface area contributed by atoms with Gasteiger partial charge in [-0.2, -0.15) is 0 Å². The van der Waals surface area contributed by atoms with Gasteiger partial charge in [0, 0.05) is 6.04 Å². The summed E-state index contributed by atoms with van der Waals surface area (Å²) in [5.41, 5.74) is 10.3. The monoisotopic (exact) mass is 252 g/mol. The number of benzene rings is 2. The lowest BCUT2D eigenvalue weighted by Gasteiger charge is -2.15. The van der Waals surface area contributed by atoms with E-state index in [0.717, 1.165) is 12.8 Å². The highest BCUT2D eigenvalue weighted by Crippen LogP contribution is 2.23. The Kier molecular flexibility index (Phi) is 4.75. The van der Waals surface area contributed by atoms with E-state index in [9.17, 15) is 0 Å². The van der Waals surface area contributed by atoms with Crippen molar-refractivity contribution in [2.24, 2.45) is 5.73 Å². The Labute approximate surface area is 116 Å². The minimum Gasteiger partial charge on any atom is -0.324 e. The Morgan fingerprint density at radius 2 is 1.84 bits per heavy atom. The molecule has 2 rings (SSSR count). The molecule has 0 saturated carbocycles. The maximum atomic E-state index is 6.26. The Morgan fingerprint density at radius 1 is 1.11 bits per heavy atom. The summed E-state index contributed by atoms with van der Waals surface area (Å²) in [7, 11) is 0. The van der Waals surface area contributed by atoms with Gasteiger partial charge < -0.3 is 5.73 Å². The average Bonchev–Trinajstić information content (AvgIpc) is 2.46. The van der Waals surface area contributed by atoms with Gasteiger partial charge >= 0.3 is 0 Å². The lowest BCUT2D eigenvalue weighted by molar-refractivity contribution is 0.646. The van der Waals surface area contributed by atoms with E-state index >= 15 is 0 Å². The first-order valence-electron chi connectivity index (χ1n) is 6.98. The summed E-state index contributed by atoms with van der Waals surface area (Å²) in [6.07, 6.45) is 2.01. The fourth-order valence-electron chi connectivity index (χ4n) is 2.42. The van der Waals surface area contributed by atoms with Gasteiger partial charge in [0.25, 0.3) is 0 Å². The summed E-state index contributed by atoms with van der Waals surface area (Å²) in [5, 5.41) is 0. The van der Waals surface area contributed by atoms with E-state index in [1.165, 1.54) is 16.7 Å². The minimum atomic E-state index is 0.116. The topological polar surface area (TPSA) is 26.0 Å². The van der Waals surface area contributed by atoms with E-state index in [2.05, 4.69) is 44.2 Å². The molecule has 0 aromatic heterocycles. The Hall–Kier alpha value is -1.60. The SMILES string of the molecule is CC(C)c1c[c]ccc1CC[C@@H](N)c1ccccc1. The molecule has 2 aromatic rings. The molecule has 0 saturated heterocycles. The molecule has 0 aliphatic rings. The van der Waals surface area contributed by atoms with Gasteiger partial charge in [-0.25, -0.2) is 0 Å². The largest absolute Gasteiger partial charge is 0.324 e. The zero-order valence-electron chi connectivity index (χ0n) is 11.8. The molecule has 0 aliphatic heterocycles. The number of hydrogen-bond donors (Lipinski definition) is 1. The van der Waals surface area contributed by atoms with E-state index in [0.29, 0.717) is 5.92 Å². The first-order valence-corrected chi connectivity index (χ1v) is 6.98. The van der Waals surface area contributed by atoms with Crippen LogP contribution in [0.4, 0.5) is 0 Å². The van der Waals surface area contributed by atoms with E-state index in [4.69, 9.17) is 5.73 Å².